The SMILES string of the molecule is C/C(=N/NC(=O)c1ccc(CSCc2ccccc2)cc1)c1ccccc1O. The third-order valence-electron chi connectivity index (χ3n) is 4.22. The largest absolute Gasteiger partial charge is 0.507 e. The monoisotopic (exact) mass is 390 g/mol. The van der Waals surface area contributed by atoms with Crippen LogP contribution in [0.25, 0.3) is 0 Å². The van der Waals surface area contributed by atoms with E-state index < -0.39 is 0 Å². The molecule has 3 rings (SSSR count). The van der Waals surface area contributed by atoms with Crippen LogP contribution in [-0.4, -0.2) is 16.7 Å². The molecule has 28 heavy (non-hydrogen) atoms. The summed E-state index contributed by atoms with van der Waals surface area (Å²) < 4.78 is 0. The standard InChI is InChI=1S/C23H22N2O2S/c1-17(21-9-5-6-10-22(21)26)24-25-23(27)20-13-11-19(12-14-20)16-28-15-18-7-3-2-4-8-18/h2-14,26H,15-16H2,1H3,(H,25,27)/b24-17-. The van der Waals surface area contributed by atoms with Crippen LogP contribution in [0.2, 0.25) is 0 Å². The lowest BCUT2D eigenvalue weighted by molar-refractivity contribution is 0.0955. The van der Waals surface area contributed by atoms with E-state index in [4.69, 9.17) is 0 Å². The number of para-hydroxylation sites is 1. The zero-order chi connectivity index (χ0) is 19.8. The summed E-state index contributed by atoms with van der Waals surface area (Å²) in [7, 11) is 0. The van der Waals surface area contributed by atoms with Gasteiger partial charge in [0.2, 0.25) is 0 Å². The number of amides is 1. The average Bonchev–Trinajstić information content (AvgIpc) is 2.73. The summed E-state index contributed by atoms with van der Waals surface area (Å²) in [5, 5.41) is 13.9. The van der Waals surface area contributed by atoms with E-state index in [0.29, 0.717) is 16.8 Å². The number of nitrogens with one attached hydrogen (secondary N) is 1. The lowest BCUT2D eigenvalue weighted by Crippen LogP contribution is -2.19. The Morgan fingerprint density at radius 1 is 0.893 bits per heavy atom. The van der Waals surface area contributed by atoms with Gasteiger partial charge < -0.3 is 5.11 Å². The average molecular weight is 391 g/mol. The van der Waals surface area contributed by atoms with Crippen molar-refractivity contribution in [3.63, 3.8) is 0 Å². The van der Waals surface area contributed by atoms with Gasteiger partial charge in [0.25, 0.3) is 5.91 Å². The van der Waals surface area contributed by atoms with Crippen molar-refractivity contribution >= 4 is 23.4 Å². The second kappa shape index (κ2) is 9.76. The molecule has 2 N–H and O–H groups in total. The number of hydrogen-bond donors (Lipinski definition) is 2. The Morgan fingerprint density at radius 3 is 2.18 bits per heavy atom. The second-order valence-corrected chi connectivity index (χ2v) is 7.32. The summed E-state index contributed by atoms with van der Waals surface area (Å²) in [5.41, 5.74) is 6.70. The molecule has 0 heterocycles. The number of aromatic hydroxyl groups is 1. The highest BCUT2D eigenvalue weighted by atomic mass is 32.2. The Balaban J connectivity index is 1.53. The summed E-state index contributed by atoms with van der Waals surface area (Å²) in [6.07, 6.45) is 0. The van der Waals surface area contributed by atoms with Crippen molar-refractivity contribution in [2.45, 2.75) is 18.4 Å². The minimum Gasteiger partial charge on any atom is -0.507 e. The van der Waals surface area contributed by atoms with Crippen molar-refractivity contribution in [1.82, 2.24) is 5.43 Å². The lowest BCUT2D eigenvalue weighted by atomic mass is 10.1. The summed E-state index contributed by atoms with van der Waals surface area (Å²) in [6.45, 7) is 1.74. The number of nitrogens with zero attached hydrogens (tertiary/aromatic N) is 1. The predicted molar refractivity (Wildman–Crippen MR) is 116 cm³/mol. The number of carbonyl (C=O) groups is 1. The van der Waals surface area contributed by atoms with E-state index in [1.165, 1.54) is 11.1 Å². The Kier molecular flexibility index (Phi) is 6.87. The highest BCUT2D eigenvalue weighted by Gasteiger charge is 2.07. The maximum atomic E-state index is 12.3. The molecule has 0 unspecified atom stereocenters. The van der Waals surface area contributed by atoms with Gasteiger partial charge in [-0.25, -0.2) is 5.43 Å². The van der Waals surface area contributed by atoms with E-state index in [1.807, 2.05) is 48.2 Å². The van der Waals surface area contributed by atoms with E-state index in [9.17, 15) is 9.90 Å². The molecule has 5 heteroatoms. The first kappa shape index (κ1) is 19.7. The number of hydrogen-bond acceptors (Lipinski definition) is 4. The van der Waals surface area contributed by atoms with Gasteiger partial charge in [0, 0.05) is 22.6 Å². The number of benzene rings is 3. The second-order valence-electron chi connectivity index (χ2n) is 6.33. The molecule has 142 valence electrons. The first-order valence-electron chi connectivity index (χ1n) is 8.97. The molecule has 0 aliphatic carbocycles. The molecule has 0 aromatic heterocycles. The number of hydrazone groups is 1. The molecule has 1 amide bonds. The number of rotatable bonds is 7. The number of phenolic OH excluding ortho intramolecular Hbond substituents is 1. The van der Waals surface area contributed by atoms with Crippen LogP contribution in [0, 0.1) is 0 Å². The third kappa shape index (κ3) is 5.47. The quantitative estimate of drug-likeness (QED) is 0.442. The van der Waals surface area contributed by atoms with Crippen LogP contribution in [0.3, 0.4) is 0 Å². The first-order chi connectivity index (χ1) is 13.6. The molecule has 0 saturated carbocycles. The topological polar surface area (TPSA) is 61.7 Å². The molecule has 0 radical (unpaired) electrons. The van der Waals surface area contributed by atoms with Gasteiger partial charge in [0.05, 0.1) is 5.71 Å². The van der Waals surface area contributed by atoms with Gasteiger partial charge in [-0.1, -0.05) is 54.6 Å². The summed E-state index contributed by atoms with van der Waals surface area (Å²) in [6, 6.07) is 24.8. The number of thioether (sulfide) groups is 1. The maximum absolute atomic E-state index is 12.3. The smallest absolute Gasteiger partial charge is 0.271 e. The molecule has 0 aliphatic rings. The molecule has 3 aromatic carbocycles. The van der Waals surface area contributed by atoms with Gasteiger partial charge >= 0.3 is 0 Å². The van der Waals surface area contributed by atoms with E-state index in [1.54, 1.807) is 37.3 Å². The zero-order valence-corrected chi connectivity index (χ0v) is 16.4. The Morgan fingerprint density at radius 2 is 1.50 bits per heavy atom. The highest BCUT2D eigenvalue weighted by Crippen LogP contribution is 2.18. The highest BCUT2D eigenvalue weighted by molar-refractivity contribution is 7.97. The van der Waals surface area contributed by atoms with Crippen LogP contribution in [0.1, 0.15) is 34.0 Å². The fourth-order valence-corrected chi connectivity index (χ4v) is 3.61. The molecule has 0 atom stereocenters. The van der Waals surface area contributed by atoms with Crippen molar-refractivity contribution in [2.75, 3.05) is 0 Å². The Bertz CT molecular complexity index is 954. The summed E-state index contributed by atoms with van der Waals surface area (Å²) >= 11 is 1.84. The van der Waals surface area contributed by atoms with Crippen molar-refractivity contribution in [3.05, 3.63) is 101 Å². The fraction of sp³-hybridized carbons (Fsp3) is 0.130. The van der Waals surface area contributed by atoms with Gasteiger partial charge in [-0.3, -0.25) is 4.79 Å². The van der Waals surface area contributed by atoms with E-state index in [2.05, 4.69) is 22.7 Å². The predicted octanol–water partition coefficient (Wildman–Crippen LogP) is 4.98. The first-order valence-corrected chi connectivity index (χ1v) is 10.1. The molecule has 0 spiro atoms. The van der Waals surface area contributed by atoms with Crippen molar-refractivity contribution in [3.8, 4) is 5.75 Å². The Labute approximate surface area is 169 Å². The van der Waals surface area contributed by atoms with Crippen molar-refractivity contribution < 1.29 is 9.90 Å². The molecule has 0 aliphatic heterocycles. The lowest BCUT2D eigenvalue weighted by Gasteiger charge is -2.06. The van der Waals surface area contributed by atoms with Gasteiger partial charge in [-0.05, 0) is 42.3 Å². The molecule has 0 saturated heterocycles. The van der Waals surface area contributed by atoms with Gasteiger partial charge in [-0.2, -0.15) is 16.9 Å². The summed E-state index contributed by atoms with van der Waals surface area (Å²) in [4.78, 5) is 12.3. The number of carbonyl (C=O) groups excluding carboxylic acids is 1. The van der Waals surface area contributed by atoms with E-state index in [0.717, 1.165) is 11.5 Å². The minimum atomic E-state index is -0.279. The maximum Gasteiger partial charge on any atom is 0.271 e. The van der Waals surface area contributed by atoms with E-state index in [-0.39, 0.29) is 11.7 Å². The zero-order valence-electron chi connectivity index (χ0n) is 15.6. The van der Waals surface area contributed by atoms with Crippen LogP contribution >= 0.6 is 11.8 Å². The van der Waals surface area contributed by atoms with Crippen LogP contribution in [0.4, 0.5) is 0 Å². The van der Waals surface area contributed by atoms with Gasteiger partial charge in [-0.15, -0.1) is 0 Å². The molecule has 3 aromatic rings. The van der Waals surface area contributed by atoms with Crippen LogP contribution in [0.15, 0.2) is 84.0 Å². The third-order valence-corrected chi connectivity index (χ3v) is 5.29. The molecule has 0 bridgehead atoms. The van der Waals surface area contributed by atoms with Crippen LogP contribution in [0.5, 0.6) is 5.75 Å². The normalized spacial score (nSPS) is 11.2. The van der Waals surface area contributed by atoms with Gasteiger partial charge in [0.1, 0.15) is 5.75 Å². The fourth-order valence-electron chi connectivity index (χ4n) is 2.65. The van der Waals surface area contributed by atoms with Crippen molar-refractivity contribution in [1.29, 1.82) is 0 Å². The molecular weight excluding hydrogens is 368 g/mol. The molecule has 0 fully saturated rings. The summed E-state index contributed by atoms with van der Waals surface area (Å²) in [5.74, 6) is 1.71. The Hall–Kier alpha value is -3.05. The number of phenols is 1. The minimum absolute atomic E-state index is 0.135. The molecule has 4 nitrogen and oxygen atoms in total. The van der Waals surface area contributed by atoms with Crippen LogP contribution < -0.4 is 5.43 Å². The molecular formula is C23H22N2O2S. The van der Waals surface area contributed by atoms with Crippen molar-refractivity contribution in [2.24, 2.45) is 5.10 Å². The van der Waals surface area contributed by atoms with Crippen LogP contribution in [-0.2, 0) is 11.5 Å². The van der Waals surface area contributed by atoms with Gasteiger partial charge in [0.15, 0.2) is 0 Å². The van der Waals surface area contributed by atoms with E-state index >= 15 is 0 Å².